The third-order valence-corrected chi connectivity index (χ3v) is 2.71. The lowest BCUT2D eigenvalue weighted by Gasteiger charge is -2.18. The largest absolute Gasteiger partial charge is 0.392 e. The van der Waals surface area contributed by atoms with Crippen molar-refractivity contribution in [2.75, 3.05) is 0 Å². The number of hydrogen-bond donors (Lipinski definition) is 1. The maximum atomic E-state index is 10.0. The molecule has 0 saturated carbocycles. The van der Waals surface area contributed by atoms with Gasteiger partial charge in [-0.3, -0.25) is 0 Å². The maximum Gasteiger partial charge on any atom is 0.0642 e. The van der Waals surface area contributed by atoms with E-state index in [1.807, 2.05) is 24.3 Å². The van der Waals surface area contributed by atoms with E-state index < -0.39 is 0 Å². The summed E-state index contributed by atoms with van der Waals surface area (Å²) in [5, 5.41) is 10.0. The summed E-state index contributed by atoms with van der Waals surface area (Å²) in [6.45, 7) is 5.91. The molecule has 1 N–H and O–H groups in total. The average molecular weight is 204 g/mol. The zero-order valence-corrected chi connectivity index (χ0v) is 9.39. The Bertz CT molecular complexity index is 279. The quantitative estimate of drug-likeness (QED) is 0.705. The van der Waals surface area contributed by atoms with E-state index in [9.17, 15) is 5.11 Å². The van der Waals surface area contributed by atoms with Gasteiger partial charge in [0.05, 0.1) is 6.10 Å². The summed E-state index contributed by atoms with van der Waals surface area (Å²) in [6.07, 6.45) is 4.39. The second-order valence-electron chi connectivity index (χ2n) is 3.95. The van der Waals surface area contributed by atoms with Gasteiger partial charge in [-0.1, -0.05) is 49.8 Å². The van der Waals surface area contributed by atoms with Crippen LogP contribution >= 0.6 is 0 Å². The van der Waals surface area contributed by atoms with E-state index >= 15 is 0 Å². The summed E-state index contributed by atoms with van der Waals surface area (Å²) in [5.41, 5.74) is 1.19. The molecule has 0 amide bonds. The van der Waals surface area contributed by atoms with Crippen molar-refractivity contribution in [2.24, 2.45) is 5.92 Å². The van der Waals surface area contributed by atoms with Gasteiger partial charge >= 0.3 is 0 Å². The van der Waals surface area contributed by atoms with Crippen LogP contribution in [0.1, 0.15) is 25.3 Å². The van der Waals surface area contributed by atoms with Crippen LogP contribution in [0.5, 0.6) is 0 Å². The predicted molar refractivity (Wildman–Crippen MR) is 64.7 cm³/mol. The molecule has 1 nitrogen and oxygen atoms in total. The minimum atomic E-state index is -0.301. The van der Waals surface area contributed by atoms with Crippen LogP contribution < -0.4 is 0 Å². The van der Waals surface area contributed by atoms with E-state index in [1.165, 1.54) is 5.56 Å². The highest BCUT2D eigenvalue weighted by Gasteiger charge is 2.15. The van der Waals surface area contributed by atoms with Gasteiger partial charge in [0, 0.05) is 5.92 Å². The molecular weight excluding hydrogens is 184 g/mol. The summed E-state index contributed by atoms with van der Waals surface area (Å²) >= 11 is 0. The standard InChI is InChI=1S/C14H20O/c1-3-8-13(4-2)14(15)11-12-9-6-5-7-10-12/h4-7,9-10,13-15H,2-3,8,11H2,1H3. The fourth-order valence-electron chi connectivity index (χ4n) is 1.81. The van der Waals surface area contributed by atoms with E-state index in [2.05, 4.69) is 25.6 Å². The van der Waals surface area contributed by atoms with Gasteiger partial charge in [0.2, 0.25) is 0 Å². The van der Waals surface area contributed by atoms with E-state index in [0.29, 0.717) is 0 Å². The minimum absolute atomic E-state index is 0.218. The number of hydrogen-bond acceptors (Lipinski definition) is 1. The summed E-state index contributed by atoms with van der Waals surface area (Å²) in [7, 11) is 0. The first kappa shape index (κ1) is 12.0. The van der Waals surface area contributed by atoms with Crippen molar-refractivity contribution in [1.29, 1.82) is 0 Å². The lowest BCUT2D eigenvalue weighted by Crippen LogP contribution is -2.20. The second kappa shape index (κ2) is 6.41. The predicted octanol–water partition coefficient (Wildman–Crippen LogP) is 3.19. The first-order valence-corrected chi connectivity index (χ1v) is 5.62. The van der Waals surface area contributed by atoms with Crippen molar-refractivity contribution in [1.82, 2.24) is 0 Å². The van der Waals surface area contributed by atoms with Crippen LogP contribution in [0, 0.1) is 5.92 Å². The number of rotatable bonds is 6. The normalized spacial score (nSPS) is 14.5. The third kappa shape index (κ3) is 3.88. The smallest absolute Gasteiger partial charge is 0.0642 e. The van der Waals surface area contributed by atoms with Crippen LogP contribution in [0.15, 0.2) is 43.0 Å². The van der Waals surface area contributed by atoms with Crippen molar-refractivity contribution in [2.45, 2.75) is 32.3 Å². The van der Waals surface area contributed by atoms with Crippen molar-refractivity contribution in [3.63, 3.8) is 0 Å². The Morgan fingerprint density at radius 1 is 1.33 bits per heavy atom. The zero-order valence-electron chi connectivity index (χ0n) is 9.39. The van der Waals surface area contributed by atoms with E-state index in [4.69, 9.17) is 0 Å². The summed E-state index contributed by atoms with van der Waals surface area (Å²) < 4.78 is 0. The fourth-order valence-corrected chi connectivity index (χ4v) is 1.81. The number of benzene rings is 1. The van der Waals surface area contributed by atoms with Crippen LogP contribution in [0.4, 0.5) is 0 Å². The molecule has 1 rings (SSSR count). The van der Waals surface area contributed by atoms with Gasteiger partial charge in [-0.05, 0) is 18.4 Å². The molecular formula is C14H20O. The fraction of sp³-hybridized carbons (Fsp3) is 0.429. The highest BCUT2D eigenvalue weighted by Crippen LogP contribution is 2.16. The van der Waals surface area contributed by atoms with Crippen molar-refractivity contribution in [3.8, 4) is 0 Å². The Morgan fingerprint density at radius 3 is 2.53 bits per heavy atom. The van der Waals surface area contributed by atoms with Gasteiger partial charge in [0.1, 0.15) is 0 Å². The molecule has 2 unspecified atom stereocenters. The minimum Gasteiger partial charge on any atom is -0.392 e. The summed E-state index contributed by atoms with van der Waals surface area (Å²) in [5.74, 6) is 0.218. The summed E-state index contributed by atoms with van der Waals surface area (Å²) in [6, 6.07) is 10.1. The van der Waals surface area contributed by atoms with Gasteiger partial charge in [-0.25, -0.2) is 0 Å². The Morgan fingerprint density at radius 2 is 2.00 bits per heavy atom. The zero-order chi connectivity index (χ0) is 11.1. The number of aliphatic hydroxyl groups excluding tert-OH is 1. The van der Waals surface area contributed by atoms with Crippen LogP contribution in [-0.4, -0.2) is 11.2 Å². The Balaban J connectivity index is 2.53. The number of aliphatic hydroxyl groups is 1. The molecule has 15 heavy (non-hydrogen) atoms. The van der Waals surface area contributed by atoms with Gasteiger partial charge in [-0.2, -0.15) is 0 Å². The highest BCUT2D eigenvalue weighted by atomic mass is 16.3. The molecule has 0 fully saturated rings. The molecule has 0 aliphatic heterocycles. The molecule has 0 heterocycles. The monoisotopic (exact) mass is 204 g/mol. The first-order valence-electron chi connectivity index (χ1n) is 5.62. The van der Waals surface area contributed by atoms with E-state index in [0.717, 1.165) is 19.3 Å². The molecule has 0 aliphatic rings. The van der Waals surface area contributed by atoms with Crippen LogP contribution in [-0.2, 0) is 6.42 Å². The molecule has 0 aromatic heterocycles. The molecule has 1 heteroatoms. The molecule has 0 radical (unpaired) electrons. The second-order valence-corrected chi connectivity index (χ2v) is 3.95. The van der Waals surface area contributed by atoms with Crippen LogP contribution in [0.2, 0.25) is 0 Å². The molecule has 0 saturated heterocycles. The van der Waals surface area contributed by atoms with Gasteiger partial charge in [0.15, 0.2) is 0 Å². The first-order chi connectivity index (χ1) is 7.27. The van der Waals surface area contributed by atoms with Crippen molar-refractivity contribution >= 4 is 0 Å². The van der Waals surface area contributed by atoms with E-state index in [1.54, 1.807) is 0 Å². The molecule has 1 aromatic carbocycles. The lowest BCUT2D eigenvalue weighted by atomic mass is 9.92. The molecule has 1 aromatic rings. The van der Waals surface area contributed by atoms with Crippen molar-refractivity contribution in [3.05, 3.63) is 48.6 Å². The van der Waals surface area contributed by atoms with E-state index in [-0.39, 0.29) is 12.0 Å². The SMILES string of the molecule is C=CC(CCC)C(O)Cc1ccccc1. The molecule has 82 valence electrons. The van der Waals surface area contributed by atoms with Crippen LogP contribution in [0.25, 0.3) is 0 Å². The lowest BCUT2D eigenvalue weighted by molar-refractivity contribution is 0.125. The molecule has 2 atom stereocenters. The maximum absolute atomic E-state index is 10.0. The Kier molecular flexibility index (Phi) is 5.13. The van der Waals surface area contributed by atoms with Gasteiger partial charge in [0.25, 0.3) is 0 Å². The topological polar surface area (TPSA) is 20.2 Å². The Labute approximate surface area is 92.5 Å². The molecule has 0 spiro atoms. The average Bonchev–Trinajstić information content (AvgIpc) is 2.27. The highest BCUT2D eigenvalue weighted by molar-refractivity contribution is 5.15. The summed E-state index contributed by atoms with van der Waals surface area (Å²) in [4.78, 5) is 0. The Hall–Kier alpha value is -1.08. The van der Waals surface area contributed by atoms with Crippen LogP contribution in [0.3, 0.4) is 0 Å². The van der Waals surface area contributed by atoms with Gasteiger partial charge < -0.3 is 5.11 Å². The van der Waals surface area contributed by atoms with Gasteiger partial charge in [-0.15, -0.1) is 6.58 Å². The third-order valence-electron chi connectivity index (χ3n) is 2.71. The van der Waals surface area contributed by atoms with Crippen molar-refractivity contribution < 1.29 is 5.11 Å². The molecule has 0 aliphatic carbocycles. The molecule has 0 bridgehead atoms.